The van der Waals surface area contributed by atoms with Crippen molar-refractivity contribution in [3.63, 3.8) is 0 Å². The van der Waals surface area contributed by atoms with Crippen LogP contribution in [0.2, 0.25) is 0 Å². The monoisotopic (exact) mass is 325 g/mol. The first-order valence-corrected chi connectivity index (χ1v) is 7.61. The van der Waals surface area contributed by atoms with Crippen molar-refractivity contribution in [2.45, 2.75) is 13.3 Å². The Kier molecular flexibility index (Phi) is 7.96. The van der Waals surface area contributed by atoms with Gasteiger partial charge in [-0.05, 0) is 70.6 Å². The van der Waals surface area contributed by atoms with Crippen molar-refractivity contribution >= 4 is 40.3 Å². The standard InChI is InChI=1S/C14H23N5S2/c1-11-5-7-12(8-6-11)16-14(21)18-17-13(20)15-9-4-10-19(2)3/h5-8H,4,9-10H2,1-3H3,(H2,15,17,20)(H2,16,18,21). The molecule has 1 aromatic rings. The minimum atomic E-state index is 0.469. The van der Waals surface area contributed by atoms with E-state index in [1.54, 1.807) is 0 Å². The van der Waals surface area contributed by atoms with Gasteiger partial charge < -0.3 is 15.5 Å². The number of nitrogens with one attached hydrogen (secondary N) is 4. The molecule has 0 unspecified atom stereocenters. The lowest BCUT2D eigenvalue weighted by Gasteiger charge is -2.15. The fraction of sp³-hybridized carbons (Fsp3) is 0.429. The summed E-state index contributed by atoms with van der Waals surface area (Å²) in [6, 6.07) is 7.99. The lowest BCUT2D eigenvalue weighted by Crippen LogP contribution is -2.48. The van der Waals surface area contributed by atoms with Gasteiger partial charge in [-0.3, -0.25) is 10.9 Å². The van der Waals surface area contributed by atoms with Crippen LogP contribution in [0.15, 0.2) is 24.3 Å². The minimum absolute atomic E-state index is 0.469. The summed E-state index contributed by atoms with van der Waals surface area (Å²) in [7, 11) is 4.10. The quantitative estimate of drug-likeness (QED) is 0.373. The minimum Gasteiger partial charge on any atom is -0.361 e. The maximum absolute atomic E-state index is 5.18. The number of nitrogens with zero attached hydrogens (tertiary/aromatic N) is 1. The molecule has 0 aliphatic carbocycles. The third kappa shape index (κ3) is 8.44. The largest absolute Gasteiger partial charge is 0.361 e. The summed E-state index contributed by atoms with van der Waals surface area (Å²) >= 11 is 10.3. The van der Waals surface area contributed by atoms with Crippen molar-refractivity contribution in [3.05, 3.63) is 29.8 Å². The zero-order valence-electron chi connectivity index (χ0n) is 12.7. The summed E-state index contributed by atoms with van der Waals surface area (Å²) in [5.41, 5.74) is 7.85. The Hall–Kier alpha value is -1.44. The molecule has 0 radical (unpaired) electrons. The molecule has 0 amide bonds. The highest BCUT2D eigenvalue weighted by molar-refractivity contribution is 7.80. The molecular weight excluding hydrogens is 302 g/mol. The van der Waals surface area contributed by atoms with Gasteiger partial charge in [0.15, 0.2) is 10.2 Å². The maximum atomic E-state index is 5.18. The Morgan fingerprint density at radius 2 is 1.67 bits per heavy atom. The molecule has 0 spiro atoms. The van der Waals surface area contributed by atoms with Gasteiger partial charge in [-0.25, -0.2) is 0 Å². The highest BCUT2D eigenvalue weighted by Crippen LogP contribution is 2.07. The number of rotatable bonds is 5. The summed E-state index contributed by atoms with van der Waals surface area (Å²) < 4.78 is 0. The van der Waals surface area contributed by atoms with Gasteiger partial charge in [-0.15, -0.1) is 0 Å². The number of benzene rings is 1. The van der Waals surface area contributed by atoms with Crippen molar-refractivity contribution in [1.29, 1.82) is 0 Å². The number of thiocarbonyl (C=S) groups is 2. The average Bonchev–Trinajstić information content (AvgIpc) is 2.44. The SMILES string of the molecule is Cc1ccc(NC(=S)NNC(=S)NCCCN(C)C)cc1. The van der Waals surface area contributed by atoms with E-state index in [-0.39, 0.29) is 0 Å². The van der Waals surface area contributed by atoms with Crippen LogP contribution < -0.4 is 21.5 Å². The fourth-order valence-corrected chi connectivity index (χ4v) is 1.88. The molecule has 0 saturated carbocycles. The molecule has 1 rings (SSSR count). The molecule has 7 heteroatoms. The number of hydrogen-bond donors (Lipinski definition) is 4. The zero-order chi connectivity index (χ0) is 15.7. The normalized spacial score (nSPS) is 10.1. The smallest absolute Gasteiger partial charge is 0.189 e. The molecule has 116 valence electrons. The highest BCUT2D eigenvalue weighted by Gasteiger charge is 1.99. The van der Waals surface area contributed by atoms with E-state index in [2.05, 4.69) is 26.4 Å². The van der Waals surface area contributed by atoms with Gasteiger partial charge in [0.25, 0.3) is 0 Å². The van der Waals surface area contributed by atoms with Crippen molar-refractivity contribution < 1.29 is 0 Å². The first-order valence-electron chi connectivity index (χ1n) is 6.79. The Morgan fingerprint density at radius 1 is 1.05 bits per heavy atom. The molecular formula is C14H23N5S2. The lowest BCUT2D eigenvalue weighted by molar-refractivity contribution is 0.400. The van der Waals surface area contributed by atoms with E-state index in [1.807, 2.05) is 45.3 Å². The van der Waals surface area contributed by atoms with Crippen molar-refractivity contribution in [1.82, 2.24) is 21.1 Å². The first kappa shape index (κ1) is 17.6. The Morgan fingerprint density at radius 3 is 2.29 bits per heavy atom. The number of hydrogen-bond acceptors (Lipinski definition) is 3. The van der Waals surface area contributed by atoms with Crippen LogP contribution in [0.3, 0.4) is 0 Å². The molecule has 0 fully saturated rings. The molecule has 0 bridgehead atoms. The van der Waals surface area contributed by atoms with Crippen LogP contribution in [-0.4, -0.2) is 42.3 Å². The summed E-state index contributed by atoms with van der Waals surface area (Å²) in [4.78, 5) is 2.14. The predicted octanol–water partition coefficient (Wildman–Crippen LogP) is 1.61. The van der Waals surface area contributed by atoms with Gasteiger partial charge in [0.1, 0.15) is 0 Å². The van der Waals surface area contributed by atoms with E-state index in [0.29, 0.717) is 10.2 Å². The molecule has 5 nitrogen and oxygen atoms in total. The van der Waals surface area contributed by atoms with Crippen LogP contribution in [0, 0.1) is 6.92 Å². The van der Waals surface area contributed by atoms with Crippen LogP contribution in [0.5, 0.6) is 0 Å². The van der Waals surface area contributed by atoms with Gasteiger partial charge in [0, 0.05) is 12.2 Å². The average molecular weight is 326 g/mol. The van der Waals surface area contributed by atoms with Crippen LogP contribution in [0.4, 0.5) is 5.69 Å². The number of aryl methyl sites for hydroxylation is 1. The third-order valence-electron chi connectivity index (χ3n) is 2.67. The van der Waals surface area contributed by atoms with Gasteiger partial charge in [0.2, 0.25) is 0 Å². The van der Waals surface area contributed by atoms with Gasteiger partial charge in [0.05, 0.1) is 0 Å². The van der Waals surface area contributed by atoms with Crippen LogP contribution in [0.25, 0.3) is 0 Å². The second-order valence-corrected chi connectivity index (χ2v) is 5.80. The molecule has 0 heterocycles. The fourth-order valence-electron chi connectivity index (χ4n) is 1.55. The van der Waals surface area contributed by atoms with Crippen LogP contribution in [-0.2, 0) is 0 Å². The molecule has 0 aromatic heterocycles. The predicted molar refractivity (Wildman–Crippen MR) is 97.4 cm³/mol. The molecule has 0 saturated heterocycles. The van der Waals surface area contributed by atoms with E-state index >= 15 is 0 Å². The summed E-state index contributed by atoms with van der Waals surface area (Å²) in [5.74, 6) is 0. The van der Waals surface area contributed by atoms with E-state index in [1.165, 1.54) is 5.56 Å². The lowest BCUT2D eigenvalue weighted by atomic mass is 10.2. The second-order valence-electron chi connectivity index (χ2n) is 4.98. The van der Waals surface area contributed by atoms with Gasteiger partial charge in [-0.2, -0.15) is 0 Å². The third-order valence-corrected chi connectivity index (χ3v) is 3.12. The maximum Gasteiger partial charge on any atom is 0.189 e. The zero-order valence-corrected chi connectivity index (χ0v) is 14.3. The molecule has 4 N–H and O–H groups in total. The van der Waals surface area contributed by atoms with Crippen molar-refractivity contribution in [2.75, 3.05) is 32.5 Å². The summed E-state index contributed by atoms with van der Waals surface area (Å²) in [5, 5.41) is 7.18. The highest BCUT2D eigenvalue weighted by atomic mass is 32.1. The topological polar surface area (TPSA) is 51.4 Å². The van der Waals surface area contributed by atoms with Gasteiger partial charge in [-0.1, -0.05) is 17.7 Å². The molecule has 1 aromatic carbocycles. The molecule has 21 heavy (non-hydrogen) atoms. The van der Waals surface area contributed by atoms with Gasteiger partial charge >= 0.3 is 0 Å². The van der Waals surface area contributed by atoms with Crippen molar-refractivity contribution in [2.24, 2.45) is 0 Å². The Balaban J connectivity index is 2.17. The Bertz CT molecular complexity index is 459. The molecule has 0 aliphatic heterocycles. The molecule has 0 aliphatic rings. The van der Waals surface area contributed by atoms with E-state index in [0.717, 1.165) is 25.2 Å². The second kappa shape index (κ2) is 9.49. The van der Waals surface area contributed by atoms with Crippen molar-refractivity contribution in [3.8, 4) is 0 Å². The Labute approximate surface area is 137 Å². The van der Waals surface area contributed by atoms with E-state index < -0.39 is 0 Å². The molecule has 0 atom stereocenters. The van der Waals surface area contributed by atoms with Crippen LogP contribution in [0.1, 0.15) is 12.0 Å². The number of hydrazine groups is 1. The number of anilines is 1. The first-order chi connectivity index (χ1) is 9.97. The van der Waals surface area contributed by atoms with E-state index in [4.69, 9.17) is 24.4 Å². The van der Waals surface area contributed by atoms with E-state index in [9.17, 15) is 0 Å². The summed E-state index contributed by atoms with van der Waals surface area (Å²) in [6.07, 6.45) is 1.03. The van der Waals surface area contributed by atoms with Crippen LogP contribution >= 0.6 is 24.4 Å². The summed E-state index contributed by atoms with van der Waals surface area (Å²) in [6.45, 7) is 3.89.